The molecule has 0 radical (unpaired) electrons. The van der Waals surface area contributed by atoms with E-state index in [1.807, 2.05) is 0 Å². The van der Waals surface area contributed by atoms with Gasteiger partial charge >= 0.3 is 0 Å². The summed E-state index contributed by atoms with van der Waals surface area (Å²) in [5, 5.41) is 5.40. The number of carbonyl (C=O) groups excluding carboxylic acids is 2. The van der Waals surface area contributed by atoms with Crippen LogP contribution in [0.5, 0.6) is 5.75 Å². The van der Waals surface area contributed by atoms with Crippen LogP contribution >= 0.6 is 0 Å². The summed E-state index contributed by atoms with van der Waals surface area (Å²) in [6.45, 7) is 3.63. The number of amides is 2. The summed E-state index contributed by atoms with van der Waals surface area (Å²) < 4.78 is 46.8. The van der Waals surface area contributed by atoms with Crippen molar-refractivity contribution >= 4 is 33.2 Å². The lowest BCUT2D eigenvalue weighted by Gasteiger charge is -2.31. The van der Waals surface area contributed by atoms with Crippen molar-refractivity contribution < 1.29 is 27.1 Å². The zero-order valence-electron chi connectivity index (χ0n) is 17.7. The quantitative estimate of drug-likeness (QED) is 0.729. The van der Waals surface area contributed by atoms with Gasteiger partial charge in [-0.3, -0.25) is 9.59 Å². The van der Waals surface area contributed by atoms with E-state index < -0.39 is 21.9 Å². The third kappa shape index (κ3) is 4.33. The van der Waals surface area contributed by atoms with Gasteiger partial charge in [0.2, 0.25) is 15.9 Å². The molecule has 0 aliphatic carbocycles. The maximum absolute atomic E-state index is 13.3. The van der Waals surface area contributed by atoms with E-state index in [-0.39, 0.29) is 35.7 Å². The molecule has 2 heterocycles. The first kappa shape index (κ1) is 22.2. The minimum atomic E-state index is -3.81. The molecule has 2 aliphatic rings. The summed E-state index contributed by atoms with van der Waals surface area (Å²) >= 11 is 0. The number of carbonyl (C=O) groups is 2. The standard InChI is InChI=1S/C22H24FN3O5S/c1-13-10-18-19(31-14(2)21(27)25-18)12-20(13)32(29,30)26-8-6-15(7-9-26)22(28)24-17-5-3-4-16(23)11-17/h3-5,10-12,14-15H,6-9H2,1-2H3,(H,24,28)(H,25,27). The number of aryl methyl sites for hydroxylation is 1. The van der Waals surface area contributed by atoms with Gasteiger partial charge in [0.05, 0.1) is 10.6 Å². The van der Waals surface area contributed by atoms with Crippen molar-refractivity contribution in [2.45, 2.75) is 37.7 Å². The van der Waals surface area contributed by atoms with Gasteiger partial charge in [0.15, 0.2) is 6.10 Å². The van der Waals surface area contributed by atoms with E-state index in [9.17, 15) is 22.4 Å². The second-order valence-corrected chi connectivity index (χ2v) is 9.95. The van der Waals surface area contributed by atoms with Gasteiger partial charge in [0.1, 0.15) is 11.6 Å². The van der Waals surface area contributed by atoms with Crippen molar-refractivity contribution in [3.8, 4) is 5.75 Å². The Bertz CT molecular complexity index is 1180. The summed E-state index contributed by atoms with van der Waals surface area (Å²) in [6.07, 6.45) is -0.00448. The van der Waals surface area contributed by atoms with Crippen LogP contribution in [0.4, 0.5) is 15.8 Å². The number of ether oxygens (including phenoxy) is 1. The van der Waals surface area contributed by atoms with E-state index in [0.717, 1.165) is 0 Å². The Labute approximate surface area is 185 Å². The minimum absolute atomic E-state index is 0.113. The van der Waals surface area contributed by atoms with Gasteiger partial charge in [0, 0.05) is 30.8 Å². The number of anilines is 2. The molecule has 0 saturated carbocycles. The maximum atomic E-state index is 13.3. The van der Waals surface area contributed by atoms with E-state index in [1.165, 1.54) is 28.6 Å². The van der Waals surface area contributed by atoms with Crippen molar-refractivity contribution in [2.24, 2.45) is 5.92 Å². The van der Waals surface area contributed by atoms with Gasteiger partial charge in [-0.05, 0) is 56.5 Å². The SMILES string of the molecule is Cc1cc2c(cc1S(=O)(=O)N1CCC(C(=O)Nc3cccc(F)c3)CC1)OC(C)C(=O)N2. The zero-order chi connectivity index (χ0) is 23.0. The first-order valence-electron chi connectivity index (χ1n) is 10.3. The number of hydrogen-bond acceptors (Lipinski definition) is 5. The fraction of sp³-hybridized carbons (Fsp3) is 0.364. The van der Waals surface area contributed by atoms with Crippen LogP contribution in [-0.4, -0.2) is 43.7 Å². The van der Waals surface area contributed by atoms with Crippen LogP contribution in [0.3, 0.4) is 0 Å². The van der Waals surface area contributed by atoms with E-state index in [2.05, 4.69) is 10.6 Å². The molecule has 2 N–H and O–H groups in total. The molecular formula is C22H24FN3O5S. The van der Waals surface area contributed by atoms with Crippen molar-refractivity contribution in [3.05, 3.63) is 47.8 Å². The van der Waals surface area contributed by atoms with Gasteiger partial charge in [0.25, 0.3) is 5.91 Å². The highest BCUT2D eigenvalue weighted by atomic mass is 32.2. The van der Waals surface area contributed by atoms with Crippen LogP contribution in [0.25, 0.3) is 0 Å². The molecule has 0 bridgehead atoms. The molecule has 8 nitrogen and oxygen atoms in total. The van der Waals surface area contributed by atoms with Crippen molar-refractivity contribution in [1.29, 1.82) is 0 Å². The number of nitrogens with zero attached hydrogens (tertiary/aromatic N) is 1. The monoisotopic (exact) mass is 461 g/mol. The Hall–Kier alpha value is -2.98. The molecule has 0 spiro atoms. The third-order valence-corrected chi connectivity index (χ3v) is 7.78. The van der Waals surface area contributed by atoms with Crippen LogP contribution in [0.2, 0.25) is 0 Å². The number of piperidine rings is 1. The highest BCUT2D eigenvalue weighted by Gasteiger charge is 2.34. The third-order valence-electron chi connectivity index (χ3n) is 5.74. The molecule has 1 fully saturated rings. The number of hydrogen-bond donors (Lipinski definition) is 2. The van der Waals surface area contributed by atoms with Crippen LogP contribution in [0.1, 0.15) is 25.3 Å². The van der Waals surface area contributed by atoms with Crippen LogP contribution in [-0.2, 0) is 19.6 Å². The predicted molar refractivity (Wildman–Crippen MR) is 116 cm³/mol. The van der Waals surface area contributed by atoms with Gasteiger partial charge in [-0.2, -0.15) is 4.31 Å². The molecule has 2 amide bonds. The van der Waals surface area contributed by atoms with Crippen molar-refractivity contribution in [2.75, 3.05) is 23.7 Å². The topological polar surface area (TPSA) is 105 Å². The lowest BCUT2D eigenvalue weighted by molar-refractivity contribution is -0.123. The van der Waals surface area contributed by atoms with Crippen LogP contribution < -0.4 is 15.4 Å². The molecule has 2 aliphatic heterocycles. The fourth-order valence-electron chi connectivity index (χ4n) is 3.93. The fourth-order valence-corrected chi connectivity index (χ4v) is 5.62. The molecular weight excluding hydrogens is 437 g/mol. The summed E-state index contributed by atoms with van der Waals surface area (Å²) in [5.74, 6) is -1.04. The van der Waals surface area contributed by atoms with E-state index in [1.54, 1.807) is 26.0 Å². The Morgan fingerprint density at radius 2 is 1.94 bits per heavy atom. The number of nitrogens with one attached hydrogen (secondary N) is 2. The molecule has 0 aromatic heterocycles. The normalized spacial score (nSPS) is 19.6. The largest absolute Gasteiger partial charge is 0.479 e. The summed E-state index contributed by atoms with van der Waals surface area (Å²) in [4.78, 5) is 24.4. The van der Waals surface area contributed by atoms with E-state index >= 15 is 0 Å². The maximum Gasteiger partial charge on any atom is 0.265 e. The molecule has 1 atom stereocenters. The molecule has 32 heavy (non-hydrogen) atoms. The highest BCUT2D eigenvalue weighted by molar-refractivity contribution is 7.89. The van der Waals surface area contributed by atoms with Gasteiger partial charge in [-0.1, -0.05) is 6.07 Å². The van der Waals surface area contributed by atoms with Crippen molar-refractivity contribution in [3.63, 3.8) is 0 Å². The molecule has 10 heteroatoms. The van der Waals surface area contributed by atoms with E-state index in [4.69, 9.17) is 4.74 Å². The molecule has 1 saturated heterocycles. The average molecular weight is 462 g/mol. The Morgan fingerprint density at radius 1 is 1.22 bits per heavy atom. The van der Waals surface area contributed by atoms with Gasteiger partial charge in [-0.15, -0.1) is 0 Å². The second kappa shape index (κ2) is 8.51. The lowest BCUT2D eigenvalue weighted by Crippen LogP contribution is -2.41. The van der Waals surface area contributed by atoms with Crippen LogP contribution in [0, 0.1) is 18.7 Å². The lowest BCUT2D eigenvalue weighted by atomic mass is 9.97. The van der Waals surface area contributed by atoms with Gasteiger partial charge < -0.3 is 15.4 Å². The van der Waals surface area contributed by atoms with Gasteiger partial charge in [-0.25, -0.2) is 12.8 Å². The highest BCUT2D eigenvalue weighted by Crippen LogP contribution is 2.36. The Kier molecular flexibility index (Phi) is 5.91. The Balaban J connectivity index is 1.46. The summed E-state index contributed by atoms with van der Waals surface area (Å²) in [6, 6.07) is 8.68. The van der Waals surface area contributed by atoms with E-state index in [0.29, 0.717) is 35.5 Å². The summed E-state index contributed by atoms with van der Waals surface area (Å²) in [5.41, 5.74) is 1.31. The second-order valence-electron chi connectivity index (χ2n) is 8.04. The number of benzene rings is 2. The summed E-state index contributed by atoms with van der Waals surface area (Å²) in [7, 11) is -3.81. The molecule has 170 valence electrons. The predicted octanol–water partition coefficient (Wildman–Crippen LogP) is 2.89. The molecule has 2 aromatic rings. The molecule has 4 rings (SSSR count). The zero-order valence-corrected chi connectivity index (χ0v) is 18.5. The molecule has 1 unspecified atom stereocenters. The number of rotatable bonds is 4. The number of halogens is 1. The van der Waals surface area contributed by atoms with Crippen LogP contribution in [0.15, 0.2) is 41.3 Å². The first-order chi connectivity index (χ1) is 15.1. The Morgan fingerprint density at radius 3 is 2.62 bits per heavy atom. The smallest absolute Gasteiger partial charge is 0.265 e. The first-order valence-corrected chi connectivity index (χ1v) is 11.8. The molecule has 2 aromatic carbocycles. The average Bonchev–Trinajstić information content (AvgIpc) is 2.74. The minimum Gasteiger partial charge on any atom is -0.479 e. The van der Waals surface area contributed by atoms with Crippen molar-refractivity contribution in [1.82, 2.24) is 4.31 Å². The number of fused-ring (bicyclic) bond motifs is 1. The number of sulfonamides is 1.